The quantitative estimate of drug-likeness (QED) is 0.117. The average Bonchev–Trinajstić information content (AvgIpc) is 1.59. The summed E-state index contributed by atoms with van der Waals surface area (Å²) >= 11 is 28.8. The summed E-state index contributed by atoms with van der Waals surface area (Å²) in [7, 11) is 0. The highest BCUT2D eigenvalue weighted by molar-refractivity contribution is 6.35. The molecular formula is C80H46Cl4F4N12. The van der Waals surface area contributed by atoms with E-state index in [9.17, 15) is 17.6 Å². The minimum atomic E-state index is -0.419. The average molecular weight is 1390 g/mol. The highest BCUT2D eigenvalue weighted by Crippen LogP contribution is 2.47. The molecule has 9 heterocycles. The first kappa shape index (κ1) is 61.7. The smallest absolute Gasteiger partial charge is 0.123 e. The van der Waals surface area contributed by atoms with Crippen LogP contribution in [0, 0.1) is 23.3 Å². The Balaban J connectivity index is 1.06. The lowest BCUT2D eigenvalue weighted by Crippen LogP contribution is -1.94. The van der Waals surface area contributed by atoms with E-state index in [-0.39, 0.29) is 0 Å². The molecule has 2 aliphatic rings. The molecule has 7 aromatic heterocycles. The highest BCUT2D eigenvalue weighted by atomic mass is 35.5. The lowest BCUT2D eigenvalue weighted by molar-refractivity contribution is 0.626. The molecule has 17 rings (SSSR count). The van der Waals surface area contributed by atoms with Crippen molar-refractivity contribution in [2.75, 3.05) is 0 Å². The standard InChI is InChI=1S/C80H46Cl4F4N12/c81-61-13-5-1-9-53(61)77-57(41-97(93-77)49-25-17-45(85)18-26-49)73-65-33-35-67(89-65)74(58-42-98(50-27-19-46(86)20-28-50)94-78(58)54-10-2-6-14-62(54)82)69-37-39-71(91-69)76(60-44-100(52-31-23-48(88)24-32-52)96-80(60)56-12-4-8-16-64(56)84)72-40-38-70(92-72)75(68-36-34-66(73)90-68)59-43-99(51-29-21-47(87)22-30-51)95-79(59)55-11-3-7-15-63(55)83/h1-44,89,92H. The van der Waals surface area contributed by atoms with Gasteiger partial charge in [-0.15, -0.1) is 0 Å². The van der Waals surface area contributed by atoms with Crippen LogP contribution in [0.1, 0.15) is 22.8 Å². The lowest BCUT2D eigenvalue weighted by atomic mass is 10.00. The number of aromatic nitrogens is 12. The third-order valence-electron chi connectivity index (χ3n) is 17.6. The zero-order valence-corrected chi connectivity index (χ0v) is 54.9. The topological polar surface area (TPSA) is 129 Å². The predicted molar refractivity (Wildman–Crippen MR) is 391 cm³/mol. The third-order valence-corrected chi connectivity index (χ3v) is 18.9. The van der Waals surface area contributed by atoms with E-state index in [4.69, 9.17) is 76.8 Å². The minimum Gasteiger partial charge on any atom is -0.354 e. The van der Waals surface area contributed by atoms with Crippen LogP contribution in [-0.4, -0.2) is 59.1 Å². The predicted octanol–water partition coefficient (Wildman–Crippen LogP) is 21.9. The Hall–Kier alpha value is -11.9. The van der Waals surface area contributed by atoms with E-state index in [2.05, 4.69) is 9.97 Å². The number of nitrogens with one attached hydrogen (secondary N) is 2. The summed E-state index contributed by atoms with van der Waals surface area (Å²) in [4.78, 5) is 19.2. The minimum absolute atomic E-state index is 0.419. The molecule has 8 bridgehead atoms. The van der Waals surface area contributed by atoms with Crippen LogP contribution in [0.15, 0.2) is 243 Å². The van der Waals surface area contributed by atoms with E-state index >= 15 is 0 Å². The van der Waals surface area contributed by atoms with Crippen molar-refractivity contribution in [2.24, 2.45) is 0 Å². The molecule has 12 nitrogen and oxygen atoms in total. The first-order chi connectivity index (χ1) is 48.8. The molecule has 2 aliphatic heterocycles. The number of fused-ring (bicyclic) bond motifs is 8. The number of hydrogen-bond donors (Lipinski definition) is 2. The van der Waals surface area contributed by atoms with E-state index in [0.29, 0.717) is 177 Å². The molecule has 0 atom stereocenters. The van der Waals surface area contributed by atoms with Crippen LogP contribution in [0.3, 0.4) is 0 Å². The summed E-state index contributed by atoms with van der Waals surface area (Å²) in [5.41, 5.74) is 15.5. The molecule has 0 saturated carbocycles. The van der Waals surface area contributed by atoms with Gasteiger partial charge < -0.3 is 9.97 Å². The third kappa shape index (κ3) is 11.2. The summed E-state index contributed by atoms with van der Waals surface area (Å²) in [5.74, 6) is -1.68. The molecule has 2 N–H and O–H groups in total. The molecule has 0 saturated heterocycles. The zero-order chi connectivity index (χ0) is 67.9. The lowest BCUT2D eigenvalue weighted by Gasteiger charge is -2.09. The van der Waals surface area contributed by atoms with E-state index < -0.39 is 23.3 Å². The highest BCUT2D eigenvalue weighted by Gasteiger charge is 2.29. The maximum Gasteiger partial charge on any atom is 0.123 e. The van der Waals surface area contributed by atoms with Gasteiger partial charge in [0.1, 0.15) is 46.0 Å². The largest absolute Gasteiger partial charge is 0.354 e. The fourth-order valence-electron chi connectivity index (χ4n) is 12.9. The fourth-order valence-corrected chi connectivity index (χ4v) is 13.8. The number of benzene rings is 8. The van der Waals surface area contributed by atoms with Gasteiger partial charge in [-0.25, -0.2) is 46.3 Å². The van der Waals surface area contributed by atoms with Crippen molar-refractivity contribution >= 4 is 92.8 Å². The summed E-state index contributed by atoms with van der Waals surface area (Å²) in [6.45, 7) is 0. The number of aromatic amines is 2. The Morgan fingerprint density at radius 3 is 0.670 bits per heavy atom. The van der Waals surface area contributed by atoms with Gasteiger partial charge in [-0.1, -0.05) is 119 Å². The van der Waals surface area contributed by atoms with Crippen LogP contribution in [-0.2, 0) is 0 Å². The van der Waals surface area contributed by atoms with E-state index in [1.165, 1.54) is 48.5 Å². The van der Waals surface area contributed by atoms with Crippen LogP contribution in [0.25, 0.3) is 159 Å². The summed E-state index contributed by atoms with van der Waals surface area (Å²) < 4.78 is 65.9. The number of halogens is 8. The molecule has 8 aromatic carbocycles. The van der Waals surface area contributed by atoms with Crippen molar-refractivity contribution < 1.29 is 17.6 Å². The molecule has 20 heteroatoms. The van der Waals surface area contributed by atoms with Gasteiger partial charge in [0.25, 0.3) is 0 Å². The van der Waals surface area contributed by atoms with Crippen molar-refractivity contribution in [3.63, 3.8) is 0 Å². The Bertz CT molecular complexity index is 5300. The molecule has 0 radical (unpaired) electrons. The van der Waals surface area contributed by atoms with Gasteiger partial charge in [-0.3, -0.25) is 0 Å². The van der Waals surface area contributed by atoms with Crippen LogP contribution < -0.4 is 0 Å². The van der Waals surface area contributed by atoms with Crippen molar-refractivity contribution in [2.45, 2.75) is 0 Å². The Labute approximate surface area is 587 Å². The van der Waals surface area contributed by atoms with Crippen LogP contribution in [0.5, 0.6) is 0 Å². The molecular weight excluding hydrogens is 1350 g/mol. The van der Waals surface area contributed by atoms with Gasteiger partial charge >= 0.3 is 0 Å². The van der Waals surface area contributed by atoms with E-state index in [1.54, 1.807) is 91.5 Å². The van der Waals surface area contributed by atoms with Crippen LogP contribution >= 0.6 is 46.4 Å². The van der Waals surface area contributed by atoms with Gasteiger partial charge in [0.2, 0.25) is 0 Å². The zero-order valence-electron chi connectivity index (χ0n) is 51.9. The van der Waals surface area contributed by atoms with Gasteiger partial charge in [-0.05, 0) is 170 Å². The van der Waals surface area contributed by atoms with Gasteiger partial charge in [-0.2, -0.15) is 20.4 Å². The summed E-state index contributed by atoms with van der Waals surface area (Å²) in [6, 6.07) is 61.7. The number of H-pyrrole nitrogens is 2. The second-order valence-electron chi connectivity index (χ2n) is 23.7. The van der Waals surface area contributed by atoms with E-state index in [0.717, 1.165) is 0 Å². The van der Waals surface area contributed by atoms with Gasteiger partial charge in [0.05, 0.1) is 65.6 Å². The molecule has 15 aromatic rings. The molecule has 0 aliphatic carbocycles. The van der Waals surface area contributed by atoms with E-state index in [1.807, 2.05) is 146 Å². The first-order valence-corrected chi connectivity index (χ1v) is 32.9. The SMILES string of the molecule is Fc1ccc(-n2cc(-c3c4nc(c(-c5cn(-c6ccc(F)cc6)nc5-c5ccccc5Cl)c5ccc([nH]5)c(-c5cn(-c6ccc(F)cc6)nc5-c5ccccc5Cl)c5nc(c(-c6cn(-c7ccc(F)cc7)nc6-c6ccccc6Cl)c6ccc3[nH]6)C=C5)C=C4)c(-c3ccccc3Cl)n2)cc1. The second kappa shape index (κ2) is 25.2. The Morgan fingerprint density at radius 1 is 0.250 bits per heavy atom. The number of rotatable bonds is 12. The maximum atomic E-state index is 14.8. The van der Waals surface area contributed by atoms with Crippen molar-refractivity contribution in [3.8, 4) is 112 Å². The molecule has 0 amide bonds. The van der Waals surface area contributed by atoms with Crippen molar-refractivity contribution in [1.82, 2.24) is 59.1 Å². The van der Waals surface area contributed by atoms with Gasteiger partial charge in [0, 0.05) is 114 Å². The number of hydrogen-bond acceptors (Lipinski definition) is 6. The molecule has 482 valence electrons. The Morgan fingerprint density at radius 2 is 0.460 bits per heavy atom. The monoisotopic (exact) mass is 1390 g/mol. The summed E-state index contributed by atoms with van der Waals surface area (Å²) in [6.07, 6.45) is 15.3. The maximum absolute atomic E-state index is 14.8. The Kier molecular flexibility index (Phi) is 15.5. The molecule has 0 unspecified atom stereocenters. The van der Waals surface area contributed by atoms with Crippen LogP contribution in [0.4, 0.5) is 17.6 Å². The molecule has 100 heavy (non-hydrogen) atoms. The van der Waals surface area contributed by atoms with Crippen molar-refractivity contribution in [3.05, 3.63) is 309 Å². The van der Waals surface area contributed by atoms with Gasteiger partial charge in [0.15, 0.2) is 0 Å². The molecule has 0 fully saturated rings. The first-order valence-electron chi connectivity index (χ1n) is 31.4. The molecule has 0 spiro atoms. The summed E-state index contributed by atoms with van der Waals surface area (Å²) in [5, 5.41) is 22.7. The second-order valence-corrected chi connectivity index (χ2v) is 25.3. The van der Waals surface area contributed by atoms with Crippen LogP contribution in [0.2, 0.25) is 20.1 Å². The van der Waals surface area contributed by atoms with Crippen molar-refractivity contribution in [1.29, 1.82) is 0 Å². The normalized spacial score (nSPS) is 11.9. The number of nitrogens with zero attached hydrogens (tertiary/aromatic N) is 10. The fraction of sp³-hybridized carbons (Fsp3) is 0.